The monoisotopic (exact) mass is 428 g/mol. The average Bonchev–Trinajstić information content (AvgIpc) is 2.49. The SMILES string of the molecule is COc1nc2cc([N+](=O)[O-])ccc2cc1P(=O)(O[Si](C)(C)C)O[Si](C)(C)C. The summed E-state index contributed by atoms with van der Waals surface area (Å²) in [5, 5.41) is 11.8. The van der Waals surface area contributed by atoms with E-state index >= 15 is 0 Å². The van der Waals surface area contributed by atoms with E-state index in [1.807, 2.05) is 39.3 Å². The molecule has 0 amide bonds. The van der Waals surface area contributed by atoms with Gasteiger partial charge in [-0.15, -0.1) is 0 Å². The molecule has 11 heteroatoms. The first-order valence-electron chi connectivity index (χ1n) is 8.39. The standard InChI is InChI=1S/C16H25N2O6PSi2/c1-22-16-15(25(21,23-26(2,3)4)24-27(5,6)7)10-12-8-9-13(18(19)20)11-14(12)17-16/h8-11H,1-7H3. The van der Waals surface area contributed by atoms with Gasteiger partial charge in [0.1, 0.15) is 5.30 Å². The van der Waals surface area contributed by atoms with Gasteiger partial charge in [0, 0.05) is 17.5 Å². The largest absolute Gasteiger partial charge is 0.480 e. The smallest absolute Gasteiger partial charge is 0.347 e. The Labute approximate surface area is 160 Å². The zero-order valence-corrected chi connectivity index (χ0v) is 19.5. The maximum atomic E-state index is 13.8. The molecular weight excluding hydrogens is 403 g/mol. The molecule has 0 bridgehead atoms. The molecule has 0 radical (unpaired) electrons. The second-order valence-corrected chi connectivity index (χ2v) is 19.4. The Morgan fingerprint density at radius 3 is 2.04 bits per heavy atom. The highest BCUT2D eigenvalue weighted by Gasteiger charge is 2.41. The number of fused-ring (bicyclic) bond motifs is 1. The van der Waals surface area contributed by atoms with E-state index in [1.165, 1.54) is 19.2 Å². The lowest BCUT2D eigenvalue weighted by Crippen LogP contribution is -2.33. The molecule has 27 heavy (non-hydrogen) atoms. The van der Waals surface area contributed by atoms with E-state index in [2.05, 4.69) is 4.98 Å². The molecule has 148 valence electrons. The lowest BCUT2D eigenvalue weighted by Gasteiger charge is -2.31. The number of nitro groups is 1. The molecule has 2 rings (SSSR count). The van der Waals surface area contributed by atoms with Crippen molar-refractivity contribution in [3.8, 4) is 5.88 Å². The fourth-order valence-corrected chi connectivity index (χ4v) is 10.1. The highest BCUT2D eigenvalue weighted by atomic mass is 31.2. The third kappa shape index (κ3) is 5.46. The summed E-state index contributed by atoms with van der Waals surface area (Å²) in [7, 11) is -6.78. The van der Waals surface area contributed by atoms with Crippen molar-refractivity contribution in [1.29, 1.82) is 0 Å². The van der Waals surface area contributed by atoms with Crippen LogP contribution in [-0.2, 0) is 13.0 Å². The molecule has 0 aliphatic heterocycles. The molecule has 0 unspecified atom stereocenters. The molecular formula is C16H25N2O6PSi2. The predicted octanol–water partition coefficient (Wildman–Crippen LogP) is 4.67. The third-order valence-corrected chi connectivity index (χ3v) is 10.4. The normalized spacial score (nSPS) is 13.0. The Bertz CT molecular complexity index is 903. The van der Waals surface area contributed by atoms with E-state index in [9.17, 15) is 14.7 Å². The molecule has 0 saturated heterocycles. The van der Waals surface area contributed by atoms with Crippen LogP contribution in [0.4, 0.5) is 5.69 Å². The molecule has 1 heterocycles. The quantitative estimate of drug-likeness (QED) is 0.273. The van der Waals surface area contributed by atoms with Crippen molar-refractivity contribution in [2.75, 3.05) is 7.11 Å². The van der Waals surface area contributed by atoms with Crippen LogP contribution in [0.1, 0.15) is 0 Å². The van der Waals surface area contributed by atoms with Gasteiger partial charge in [0.15, 0.2) is 16.6 Å². The number of non-ortho nitro benzene ring substituents is 1. The first kappa shape index (κ1) is 21.7. The lowest BCUT2D eigenvalue weighted by atomic mass is 10.2. The predicted molar refractivity (Wildman–Crippen MR) is 111 cm³/mol. The van der Waals surface area contributed by atoms with Crippen molar-refractivity contribution in [3.63, 3.8) is 0 Å². The van der Waals surface area contributed by atoms with Gasteiger partial charge >= 0.3 is 7.60 Å². The van der Waals surface area contributed by atoms with E-state index in [4.69, 9.17) is 13.2 Å². The van der Waals surface area contributed by atoms with Crippen LogP contribution < -0.4 is 10.0 Å². The molecule has 0 saturated carbocycles. The van der Waals surface area contributed by atoms with Crippen molar-refractivity contribution >= 4 is 46.1 Å². The maximum absolute atomic E-state index is 13.8. The van der Waals surface area contributed by atoms with E-state index in [-0.39, 0.29) is 16.9 Å². The number of aromatic nitrogens is 1. The number of hydrogen-bond donors (Lipinski definition) is 0. The van der Waals surface area contributed by atoms with Gasteiger partial charge in [0.25, 0.3) is 5.69 Å². The van der Waals surface area contributed by atoms with Crippen molar-refractivity contribution in [3.05, 3.63) is 34.4 Å². The fourth-order valence-electron chi connectivity index (χ4n) is 2.42. The molecule has 8 nitrogen and oxygen atoms in total. The van der Waals surface area contributed by atoms with Crippen LogP contribution in [0.25, 0.3) is 10.9 Å². The molecule has 0 aliphatic carbocycles. The molecule has 0 spiro atoms. The number of hydrogen-bond acceptors (Lipinski definition) is 7. The number of ether oxygens (including phenoxy) is 1. The highest BCUT2D eigenvalue weighted by Crippen LogP contribution is 2.53. The summed E-state index contributed by atoms with van der Waals surface area (Å²) in [6.07, 6.45) is 0. The van der Waals surface area contributed by atoms with Crippen molar-refractivity contribution < 1.29 is 22.7 Å². The zero-order chi connectivity index (χ0) is 20.6. The minimum Gasteiger partial charge on any atom is -0.480 e. The molecule has 1 aromatic heterocycles. The Morgan fingerprint density at radius 1 is 1.04 bits per heavy atom. The topological polar surface area (TPSA) is 101 Å². The van der Waals surface area contributed by atoms with E-state index < -0.39 is 29.2 Å². The summed E-state index contributed by atoms with van der Waals surface area (Å²) < 4.78 is 31.2. The summed E-state index contributed by atoms with van der Waals surface area (Å²) in [5.74, 6) is 0.0860. The second-order valence-electron chi connectivity index (χ2n) is 8.06. The van der Waals surface area contributed by atoms with E-state index in [0.717, 1.165) is 0 Å². The summed E-state index contributed by atoms with van der Waals surface area (Å²) in [6, 6.07) is 5.93. The summed E-state index contributed by atoms with van der Waals surface area (Å²) in [6.45, 7) is 11.6. The Hall–Kier alpha value is -1.59. The first-order valence-corrected chi connectivity index (χ1v) is 16.8. The molecule has 1 aromatic carbocycles. The van der Waals surface area contributed by atoms with Crippen molar-refractivity contribution in [1.82, 2.24) is 4.98 Å². The second kappa shape index (κ2) is 7.44. The van der Waals surface area contributed by atoms with Crippen LogP contribution in [0.3, 0.4) is 0 Å². The number of rotatable bonds is 7. The number of pyridine rings is 1. The molecule has 0 atom stereocenters. The highest BCUT2D eigenvalue weighted by molar-refractivity contribution is 7.65. The van der Waals surface area contributed by atoms with Crippen LogP contribution in [0.15, 0.2) is 24.3 Å². The van der Waals surface area contributed by atoms with Crippen LogP contribution in [0, 0.1) is 10.1 Å². The van der Waals surface area contributed by atoms with Crippen LogP contribution >= 0.6 is 7.60 Å². The van der Waals surface area contributed by atoms with Crippen molar-refractivity contribution in [2.24, 2.45) is 0 Å². The van der Waals surface area contributed by atoms with Gasteiger partial charge in [0.05, 0.1) is 17.5 Å². The Morgan fingerprint density at radius 2 is 1.59 bits per heavy atom. The third-order valence-electron chi connectivity index (χ3n) is 3.23. The van der Waals surface area contributed by atoms with E-state index in [0.29, 0.717) is 10.9 Å². The van der Waals surface area contributed by atoms with Gasteiger partial charge in [-0.05, 0) is 51.4 Å². The number of methoxy groups -OCH3 is 1. The van der Waals surface area contributed by atoms with Gasteiger partial charge in [-0.1, -0.05) is 0 Å². The molecule has 0 aliphatic rings. The Balaban J connectivity index is 2.72. The summed E-state index contributed by atoms with van der Waals surface area (Å²) >= 11 is 0. The molecule has 0 N–H and O–H groups in total. The maximum Gasteiger partial charge on any atom is 0.347 e. The summed E-state index contributed by atoms with van der Waals surface area (Å²) in [5.41, 5.74) is 0.294. The first-order chi connectivity index (χ1) is 12.2. The van der Waals surface area contributed by atoms with Gasteiger partial charge in [-0.25, -0.2) is 4.98 Å². The minimum absolute atomic E-state index is 0.0790. The van der Waals surface area contributed by atoms with Crippen LogP contribution in [0.5, 0.6) is 5.88 Å². The average molecular weight is 429 g/mol. The van der Waals surface area contributed by atoms with Crippen LogP contribution in [-0.4, -0.2) is 33.7 Å². The number of benzene rings is 1. The number of nitro benzene ring substituents is 1. The van der Waals surface area contributed by atoms with Gasteiger partial charge in [-0.3, -0.25) is 14.7 Å². The van der Waals surface area contributed by atoms with Gasteiger partial charge in [0.2, 0.25) is 5.88 Å². The molecule has 2 aromatic rings. The molecule has 0 fully saturated rings. The van der Waals surface area contributed by atoms with Gasteiger partial charge in [-0.2, -0.15) is 0 Å². The minimum atomic E-state index is -3.70. The van der Waals surface area contributed by atoms with Gasteiger partial charge < -0.3 is 13.2 Å². The zero-order valence-electron chi connectivity index (χ0n) is 16.6. The van der Waals surface area contributed by atoms with E-state index in [1.54, 1.807) is 12.1 Å². The van der Waals surface area contributed by atoms with Crippen LogP contribution in [0.2, 0.25) is 39.3 Å². The number of nitrogens with zero attached hydrogens (tertiary/aromatic N) is 2. The lowest BCUT2D eigenvalue weighted by molar-refractivity contribution is -0.384. The summed E-state index contributed by atoms with van der Waals surface area (Å²) in [4.78, 5) is 14.9. The van der Waals surface area contributed by atoms with Crippen molar-refractivity contribution in [2.45, 2.75) is 39.3 Å². The fraction of sp³-hybridized carbons (Fsp3) is 0.438. The Kier molecular flexibility index (Phi) is 5.98.